The molecule has 0 radical (unpaired) electrons. The Morgan fingerprint density at radius 1 is 1.10 bits per heavy atom. The third kappa shape index (κ3) is 2.16. The van der Waals surface area contributed by atoms with Gasteiger partial charge in [0.05, 0.1) is 7.11 Å². The standard InChI is InChI=1S/C16H14O4/c1-19-16-7-10(3-5-14(16)18)12-6-11-2-4-13(17)8-15(11)20-9-12/h2-8,17-18H,9H2,1H3. The average molecular weight is 270 g/mol. The summed E-state index contributed by atoms with van der Waals surface area (Å²) in [6.45, 7) is 0.407. The maximum absolute atomic E-state index is 9.62. The Morgan fingerprint density at radius 2 is 1.95 bits per heavy atom. The number of methoxy groups -OCH3 is 1. The van der Waals surface area contributed by atoms with Gasteiger partial charge in [-0.1, -0.05) is 6.07 Å². The predicted molar refractivity (Wildman–Crippen MR) is 76.1 cm³/mol. The molecule has 3 rings (SSSR count). The van der Waals surface area contributed by atoms with Gasteiger partial charge in [-0.05, 0) is 41.5 Å². The summed E-state index contributed by atoms with van der Waals surface area (Å²) in [6, 6.07) is 10.2. The Kier molecular flexibility index (Phi) is 2.99. The zero-order valence-electron chi connectivity index (χ0n) is 11.0. The number of aromatic hydroxyl groups is 2. The fraction of sp³-hybridized carbons (Fsp3) is 0.125. The van der Waals surface area contributed by atoms with Gasteiger partial charge >= 0.3 is 0 Å². The molecule has 0 unspecified atom stereocenters. The third-order valence-electron chi connectivity index (χ3n) is 3.26. The van der Waals surface area contributed by atoms with Crippen molar-refractivity contribution in [3.05, 3.63) is 47.5 Å². The first kappa shape index (κ1) is 12.4. The molecule has 0 spiro atoms. The van der Waals surface area contributed by atoms with Gasteiger partial charge in [0, 0.05) is 11.6 Å². The van der Waals surface area contributed by atoms with Gasteiger partial charge in [-0.25, -0.2) is 0 Å². The molecule has 1 heterocycles. The summed E-state index contributed by atoms with van der Waals surface area (Å²) >= 11 is 0. The predicted octanol–water partition coefficient (Wildman–Crippen LogP) is 3.04. The van der Waals surface area contributed by atoms with Crippen molar-refractivity contribution in [2.24, 2.45) is 0 Å². The molecule has 4 nitrogen and oxygen atoms in total. The number of hydrogen-bond donors (Lipinski definition) is 2. The molecule has 2 aromatic rings. The number of phenolic OH excluding ortho intramolecular Hbond substituents is 2. The summed E-state index contributed by atoms with van der Waals surface area (Å²) in [6.07, 6.45) is 2.00. The first-order chi connectivity index (χ1) is 9.67. The lowest BCUT2D eigenvalue weighted by molar-refractivity contribution is 0.361. The van der Waals surface area contributed by atoms with Crippen LogP contribution >= 0.6 is 0 Å². The maximum atomic E-state index is 9.62. The molecule has 102 valence electrons. The summed E-state index contributed by atoms with van der Waals surface area (Å²) in [7, 11) is 1.52. The average Bonchev–Trinajstić information content (AvgIpc) is 2.47. The molecule has 0 aromatic heterocycles. The van der Waals surface area contributed by atoms with Crippen LogP contribution in [0.15, 0.2) is 36.4 Å². The highest BCUT2D eigenvalue weighted by molar-refractivity contribution is 5.86. The normalized spacial score (nSPS) is 13.2. The van der Waals surface area contributed by atoms with Gasteiger partial charge < -0.3 is 19.7 Å². The Bertz CT molecular complexity index is 689. The van der Waals surface area contributed by atoms with Crippen molar-refractivity contribution < 1.29 is 19.7 Å². The lowest BCUT2D eigenvalue weighted by Crippen LogP contribution is -2.06. The zero-order chi connectivity index (χ0) is 14.1. The molecule has 2 N–H and O–H groups in total. The summed E-state index contributed by atoms with van der Waals surface area (Å²) in [5.41, 5.74) is 2.83. The van der Waals surface area contributed by atoms with Crippen LogP contribution in [-0.2, 0) is 0 Å². The number of ether oxygens (including phenoxy) is 2. The second-order valence-electron chi connectivity index (χ2n) is 4.57. The van der Waals surface area contributed by atoms with E-state index in [1.54, 1.807) is 24.3 Å². The molecule has 0 amide bonds. The molecule has 0 fully saturated rings. The van der Waals surface area contributed by atoms with E-state index < -0.39 is 0 Å². The van der Waals surface area contributed by atoms with Crippen LogP contribution in [0.2, 0.25) is 0 Å². The first-order valence-corrected chi connectivity index (χ1v) is 6.21. The van der Waals surface area contributed by atoms with E-state index in [4.69, 9.17) is 9.47 Å². The molecular weight excluding hydrogens is 256 g/mol. The van der Waals surface area contributed by atoms with Crippen LogP contribution in [0.1, 0.15) is 11.1 Å². The van der Waals surface area contributed by atoms with Gasteiger partial charge in [0.25, 0.3) is 0 Å². The Hall–Kier alpha value is -2.62. The summed E-state index contributed by atoms with van der Waals surface area (Å²) in [4.78, 5) is 0. The van der Waals surface area contributed by atoms with E-state index in [9.17, 15) is 10.2 Å². The van der Waals surface area contributed by atoms with Gasteiger partial charge in [0.1, 0.15) is 18.1 Å². The molecule has 0 saturated carbocycles. The summed E-state index contributed by atoms with van der Waals surface area (Å²) in [5, 5.41) is 19.0. The van der Waals surface area contributed by atoms with Crippen LogP contribution in [0, 0.1) is 0 Å². The Morgan fingerprint density at radius 3 is 2.75 bits per heavy atom. The van der Waals surface area contributed by atoms with Gasteiger partial charge in [-0.3, -0.25) is 0 Å². The second-order valence-corrected chi connectivity index (χ2v) is 4.57. The Labute approximate surface area is 116 Å². The largest absolute Gasteiger partial charge is 0.508 e. The van der Waals surface area contributed by atoms with E-state index in [1.807, 2.05) is 18.2 Å². The molecular formula is C16H14O4. The van der Waals surface area contributed by atoms with E-state index in [0.717, 1.165) is 16.7 Å². The van der Waals surface area contributed by atoms with Gasteiger partial charge in [-0.2, -0.15) is 0 Å². The van der Waals surface area contributed by atoms with Crippen molar-refractivity contribution >= 4 is 11.6 Å². The van der Waals surface area contributed by atoms with Gasteiger partial charge in [-0.15, -0.1) is 0 Å². The number of hydrogen-bond acceptors (Lipinski definition) is 4. The van der Waals surface area contributed by atoms with Crippen LogP contribution in [0.3, 0.4) is 0 Å². The molecule has 4 heteroatoms. The molecule has 0 bridgehead atoms. The fourth-order valence-electron chi connectivity index (χ4n) is 2.20. The minimum absolute atomic E-state index is 0.110. The van der Waals surface area contributed by atoms with Crippen molar-refractivity contribution in [1.29, 1.82) is 0 Å². The van der Waals surface area contributed by atoms with Gasteiger partial charge in [0.15, 0.2) is 11.5 Å². The summed E-state index contributed by atoms with van der Waals surface area (Å²) < 4.78 is 10.8. The van der Waals surface area contributed by atoms with Crippen LogP contribution in [0.4, 0.5) is 0 Å². The first-order valence-electron chi connectivity index (χ1n) is 6.21. The molecule has 2 aromatic carbocycles. The number of rotatable bonds is 2. The lowest BCUT2D eigenvalue weighted by atomic mass is 10.0. The topological polar surface area (TPSA) is 58.9 Å². The van der Waals surface area contributed by atoms with Crippen molar-refractivity contribution in [1.82, 2.24) is 0 Å². The molecule has 20 heavy (non-hydrogen) atoms. The van der Waals surface area contributed by atoms with E-state index >= 15 is 0 Å². The zero-order valence-corrected chi connectivity index (χ0v) is 11.0. The van der Waals surface area contributed by atoms with Crippen LogP contribution in [0.5, 0.6) is 23.0 Å². The van der Waals surface area contributed by atoms with E-state index in [1.165, 1.54) is 7.11 Å². The molecule has 1 aliphatic rings. The maximum Gasteiger partial charge on any atom is 0.161 e. The van der Waals surface area contributed by atoms with Crippen LogP contribution in [0.25, 0.3) is 11.6 Å². The minimum Gasteiger partial charge on any atom is -0.508 e. The molecule has 0 saturated heterocycles. The fourth-order valence-corrected chi connectivity index (χ4v) is 2.20. The molecule has 1 aliphatic heterocycles. The monoisotopic (exact) mass is 270 g/mol. The Balaban J connectivity index is 2.01. The summed E-state index contributed by atoms with van der Waals surface area (Å²) in [5.74, 6) is 1.39. The van der Waals surface area contributed by atoms with Crippen molar-refractivity contribution in [2.75, 3.05) is 13.7 Å². The number of fused-ring (bicyclic) bond motifs is 1. The van der Waals surface area contributed by atoms with Gasteiger partial charge in [0.2, 0.25) is 0 Å². The molecule has 0 aliphatic carbocycles. The van der Waals surface area contributed by atoms with E-state index in [2.05, 4.69) is 0 Å². The number of benzene rings is 2. The minimum atomic E-state index is 0.110. The van der Waals surface area contributed by atoms with E-state index in [0.29, 0.717) is 18.1 Å². The highest BCUT2D eigenvalue weighted by atomic mass is 16.5. The lowest BCUT2D eigenvalue weighted by Gasteiger charge is -2.19. The van der Waals surface area contributed by atoms with Crippen LogP contribution in [-0.4, -0.2) is 23.9 Å². The number of phenols is 2. The van der Waals surface area contributed by atoms with Crippen LogP contribution < -0.4 is 9.47 Å². The van der Waals surface area contributed by atoms with E-state index in [-0.39, 0.29) is 11.5 Å². The van der Waals surface area contributed by atoms with Crippen molar-refractivity contribution in [3.63, 3.8) is 0 Å². The van der Waals surface area contributed by atoms with Crippen molar-refractivity contribution in [3.8, 4) is 23.0 Å². The third-order valence-corrected chi connectivity index (χ3v) is 3.26. The quantitative estimate of drug-likeness (QED) is 0.880. The van der Waals surface area contributed by atoms with Crippen molar-refractivity contribution in [2.45, 2.75) is 0 Å². The highest BCUT2D eigenvalue weighted by Gasteiger charge is 2.14. The molecule has 0 atom stereocenters. The highest BCUT2D eigenvalue weighted by Crippen LogP contribution is 2.35. The SMILES string of the molecule is COc1cc(C2=Cc3ccc(O)cc3OC2)ccc1O. The second kappa shape index (κ2) is 4.81. The smallest absolute Gasteiger partial charge is 0.161 e.